The Morgan fingerprint density at radius 2 is 1.64 bits per heavy atom. The lowest BCUT2D eigenvalue weighted by Gasteiger charge is -2.12. The lowest BCUT2D eigenvalue weighted by Crippen LogP contribution is -2.36. The molecule has 0 atom stereocenters. The van der Waals surface area contributed by atoms with Gasteiger partial charge in [0.15, 0.2) is 11.5 Å². The number of nitrogens with one attached hydrogen (secondary N) is 2. The Balaban J connectivity index is 1.89. The highest BCUT2D eigenvalue weighted by molar-refractivity contribution is 6.39. The monoisotopic (exact) mass is 392 g/mol. The maximum Gasteiger partial charge on any atom is 0.313 e. The molecule has 0 bridgehead atoms. The highest BCUT2D eigenvalue weighted by Crippen LogP contribution is 2.28. The molecule has 2 aromatic carbocycles. The molecule has 0 fully saturated rings. The van der Waals surface area contributed by atoms with Crippen LogP contribution in [0, 0.1) is 11.6 Å². The number of carbonyl (C=O) groups excluding carboxylic acids is 2. The van der Waals surface area contributed by atoms with Crippen LogP contribution in [0.25, 0.3) is 0 Å². The van der Waals surface area contributed by atoms with Crippen LogP contribution in [0.4, 0.5) is 14.5 Å². The van der Waals surface area contributed by atoms with Crippen LogP contribution in [0.15, 0.2) is 36.4 Å². The molecule has 2 aromatic rings. The van der Waals surface area contributed by atoms with E-state index in [1.807, 2.05) is 31.3 Å². The number of amides is 2. The number of anilines is 1. The third-order valence-corrected chi connectivity index (χ3v) is 3.69. The molecule has 0 radical (unpaired) electrons. The SMILES string of the molecule is CCOc1ccc(CCNC(=O)C(=O)Nc2cc(F)ccc2F)cc1OCC. The Morgan fingerprint density at radius 1 is 0.929 bits per heavy atom. The Labute approximate surface area is 161 Å². The van der Waals surface area contributed by atoms with E-state index < -0.39 is 29.1 Å². The van der Waals surface area contributed by atoms with E-state index in [9.17, 15) is 18.4 Å². The number of halogens is 2. The number of hydrogen-bond acceptors (Lipinski definition) is 4. The normalized spacial score (nSPS) is 10.3. The van der Waals surface area contributed by atoms with Gasteiger partial charge in [-0.15, -0.1) is 0 Å². The zero-order valence-corrected chi connectivity index (χ0v) is 15.7. The van der Waals surface area contributed by atoms with E-state index in [4.69, 9.17) is 9.47 Å². The molecule has 2 N–H and O–H groups in total. The summed E-state index contributed by atoms with van der Waals surface area (Å²) in [6, 6.07) is 8.01. The molecule has 2 amide bonds. The van der Waals surface area contributed by atoms with E-state index in [-0.39, 0.29) is 6.54 Å². The van der Waals surface area contributed by atoms with Crippen molar-refractivity contribution in [3.8, 4) is 11.5 Å². The predicted molar refractivity (Wildman–Crippen MR) is 100 cm³/mol. The van der Waals surface area contributed by atoms with Crippen molar-refractivity contribution in [1.82, 2.24) is 5.32 Å². The Morgan fingerprint density at radius 3 is 2.36 bits per heavy atom. The Kier molecular flexibility index (Phi) is 7.74. The summed E-state index contributed by atoms with van der Waals surface area (Å²) in [6.45, 7) is 4.91. The first-order valence-electron chi connectivity index (χ1n) is 8.87. The Hall–Kier alpha value is -3.16. The van der Waals surface area contributed by atoms with Gasteiger partial charge in [-0.3, -0.25) is 9.59 Å². The number of carbonyl (C=O) groups is 2. The molecule has 8 heteroatoms. The second-order valence-corrected chi connectivity index (χ2v) is 5.73. The molecule has 0 heterocycles. The van der Waals surface area contributed by atoms with Gasteiger partial charge in [0.25, 0.3) is 0 Å². The molecule has 28 heavy (non-hydrogen) atoms. The maximum absolute atomic E-state index is 13.5. The van der Waals surface area contributed by atoms with E-state index >= 15 is 0 Å². The zero-order valence-electron chi connectivity index (χ0n) is 15.7. The van der Waals surface area contributed by atoms with Crippen LogP contribution in [0.5, 0.6) is 11.5 Å². The van der Waals surface area contributed by atoms with Crippen LogP contribution in [0.3, 0.4) is 0 Å². The molecule has 150 valence electrons. The number of hydrogen-bond donors (Lipinski definition) is 2. The van der Waals surface area contributed by atoms with Crippen molar-refractivity contribution < 1.29 is 27.8 Å². The highest BCUT2D eigenvalue weighted by atomic mass is 19.1. The summed E-state index contributed by atoms with van der Waals surface area (Å²) < 4.78 is 37.7. The first-order valence-corrected chi connectivity index (χ1v) is 8.87. The van der Waals surface area contributed by atoms with Gasteiger partial charge in [0.2, 0.25) is 0 Å². The molecule has 0 spiro atoms. The van der Waals surface area contributed by atoms with Crippen molar-refractivity contribution in [3.63, 3.8) is 0 Å². The van der Waals surface area contributed by atoms with Gasteiger partial charge in [-0.05, 0) is 50.1 Å². The van der Waals surface area contributed by atoms with Crippen molar-refractivity contribution >= 4 is 17.5 Å². The lowest BCUT2D eigenvalue weighted by molar-refractivity contribution is -0.136. The lowest BCUT2D eigenvalue weighted by atomic mass is 10.1. The summed E-state index contributed by atoms with van der Waals surface area (Å²) in [6.07, 6.45) is 0.444. The quantitative estimate of drug-likeness (QED) is 0.677. The van der Waals surface area contributed by atoms with Crippen LogP contribution in [-0.4, -0.2) is 31.6 Å². The first-order chi connectivity index (χ1) is 13.4. The van der Waals surface area contributed by atoms with Crippen LogP contribution in [0.1, 0.15) is 19.4 Å². The molecule has 2 rings (SSSR count). The summed E-state index contributed by atoms with van der Waals surface area (Å²) >= 11 is 0. The Bertz CT molecular complexity index is 843. The molecular weight excluding hydrogens is 370 g/mol. The molecule has 0 aliphatic rings. The van der Waals surface area contributed by atoms with Gasteiger partial charge in [0.1, 0.15) is 11.6 Å². The van der Waals surface area contributed by atoms with Gasteiger partial charge < -0.3 is 20.1 Å². The van der Waals surface area contributed by atoms with Gasteiger partial charge in [0.05, 0.1) is 18.9 Å². The molecule has 0 saturated heterocycles. The third kappa shape index (κ3) is 5.94. The largest absolute Gasteiger partial charge is 0.490 e. The van der Waals surface area contributed by atoms with Crippen molar-refractivity contribution in [2.24, 2.45) is 0 Å². The highest BCUT2D eigenvalue weighted by Gasteiger charge is 2.16. The predicted octanol–water partition coefficient (Wildman–Crippen LogP) is 3.06. The number of rotatable bonds is 8. The summed E-state index contributed by atoms with van der Waals surface area (Å²) in [5.74, 6) is -2.34. The van der Waals surface area contributed by atoms with E-state index in [0.717, 1.165) is 23.8 Å². The number of benzene rings is 2. The summed E-state index contributed by atoms with van der Waals surface area (Å²) in [4.78, 5) is 23.7. The van der Waals surface area contributed by atoms with Gasteiger partial charge in [0, 0.05) is 12.6 Å². The van der Waals surface area contributed by atoms with E-state index in [1.165, 1.54) is 0 Å². The maximum atomic E-state index is 13.5. The second kappa shape index (κ2) is 10.2. The van der Waals surface area contributed by atoms with E-state index in [0.29, 0.717) is 31.1 Å². The van der Waals surface area contributed by atoms with Crippen molar-refractivity contribution in [2.75, 3.05) is 25.1 Å². The minimum atomic E-state index is -1.08. The van der Waals surface area contributed by atoms with Crippen LogP contribution < -0.4 is 20.1 Å². The van der Waals surface area contributed by atoms with Crippen LogP contribution in [0.2, 0.25) is 0 Å². The van der Waals surface area contributed by atoms with Crippen molar-refractivity contribution in [1.29, 1.82) is 0 Å². The van der Waals surface area contributed by atoms with Gasteiger partial charge in [-0.2, -0.15) is 0 Å². The fourth-order valence-electron chi connectivity index (χ4n) is 2.42. The molecule has 0 aliphatic heterocycles. The fourth-order valence-corrected chi connectivity index (χ4v) is 2.42. The third-order valence-electron chi connectivity index (χ3n) is 3.69. The van der Waals surface area contributed by atoms with Crippen molar-refractivity contribution in [3.05, 3.63) is 53.6 Å². The van der Waals surface area contributed by atoms with Crippen molar-refractivity contribution in [2.45, 2.75) is 20.3 Å². The van der Waals surface area contributed by atoms with Crippen LogP contribution >= 0.6 is 0 Å². The first kappa shape index (κ1) is 21.1. The average molecular weight is 392 g/mol. The van der Waals surface area contributed by atoms with E-state index in [2.05, 4.69) is 5.32 Å². The van der Waals surface area contributed by atoms with Gasteiger partial charge in [-0.1, -0.05) is 6.07 Å². The summed E-state index contributed by atoms with van der Waals surface area (Å²) in [7, 11) is 0. The molecule has 0 aliphatic carbocycles. The number of ether oxygens (including phenoxy) is 2. The summed E-state index contributed by atoms with van der Waals surface area (Å²) in [5.41, 5.74) is 0.483. The molecule has 0 saturated carbocycles. The van der Waals surface area contributed by atoms with Crippen LogP contribution in [-0.2, 0) is 16.0 Å². The molecule has 0 unspecified atom stereocenters. The molecule has 0 aromatic heterocycles. The second-order valence-electron chi connectivity index (χ2n) is 5.73. The summed E-state index contributed by atoms with van der Waals surface area (Å²) in [5, 5.41) is 4.48. The van der Waals surface area contributed by atoms with Gasteiger partial charge in [-0.25, -0.2) is 8.78 Å². The van der Waals surface area contributed by atoms with E-state index in [1.54, 1.807) is 6.07 Å². The standard InChI is InChI=1S/C20H22F2N2O4/c1-3-27-17-8-5-13(11-18(17)28-4-2)9-10-23-19(25)20(26)24-16-12-14(21)6-7-15(16)22/h5-8,11-12H,3-4,9-10H2,1-2H3,(H,23,25)(H,24,26). The average Bonchev–Trinajstić information content (AvgIpc) is 2.67. The van der Waals surface area contributed by atoms with Gasteiger partial charge >= 0.3 is 11.8 Å². The fraction of sp³-hybridized carbons (Fsp3) is 0.300. The minimum absolute atomic E-state index is 0.178. The minimum Gasteiger partial charge on any atom is -0.490 e. The topological polar surface area (TPSA) is 76.7 Å². The molecule has 6 nitrogen and oxygen atoms in total. The molecular formula is C20H22F2N2O4. The zero-order chi connectivity index (χ0) is 20.5. The smallest absolute Gasteiger partial charge is 0.313 e.